The van der Waals surface area contributed by atoms with Crippen LogP contribution in [0.5, 0.6) is 0 Å². The third-order valence-corrected chi connectivity index (χ3v) is 4.86. The molecule has 1 amide bonds. The third-order valence-electron chi connectivity index (χ3n) is 4.86. The summed E-state index contributed by atoms with van der Waals surface area (Å²) in [7, 11) is 1.57. The molecule has 8 heteroatoms. The van der Waals surface area contributed by atoms with Crippen LogP contribution in [-0.2, 0) is 14.3 Å². The van der Waals surface area contributed by atoms with Gasteiger partial charge in [0.1, 0.15) is 11.7 Å². The fraction of sp³-hybridized carbons (Fsp3) is 0.588. The minimum absolute atomic E-state index is 0. The molecule has 0 spiro atoms. The zero-order chi connectivity index (χ0) is 17.2. The summed E-state index contributed by atoms with van der Waals surface area (Å²) in [5.41, 5.74) is -0.274. The molecule has 25 heavy (non-hydrogen) atoms. The Kier molecular flexibility index (Phi) is 6.73. The number of halogens is 3. The van der Waals surface area contributed by atoms with Gasteiger partial charge < -0.3 is 19.7 Å². The first-order valence-corrected chi connectivity index (χ1v) is 8.17. The Hall–Kier alpha value is -1.28. The summed E-state index contributed by atoms with van der Waals surface area (Å²) in [6.07, 6.45) is 0.777. The Balaban J connectivity index is 0.00000225. The molecule has 3 rings (SSSR count). The zero-order valence-electron chi connectivity index (χ0n) is 14.1. The highest BCUT2D eigenvalue weighted by Gasteiger charge is 2.43. The summed E-state index contributed by atoms with van der Waals surface area (Å²) in [4.78, 5) is 14.7. The predicted molar refractivity (Wildman–Crippen MR) is 90.7 cm³/mol. The first kappa shape index (κ1) is 20.0. The molecular weight excluding hydrogens is 354 g/mol. The van der Waals surface area contributed by atoms with Gasteiger partial charge in [-0.15, -0.1) is 12.4 Å². The molecule has 5 nitrogen and oxygen atoms in total. The zero-order valence-corrected chi connectivity index (χ0v) is 14.9. The smallest absolute Gasteiger partial charge is 0.255 e. The van der Waals surface area contributed by atoms with Crippen LogP contribution in [0, 0.1) is 11.6 Å². The number of rotatable bonds is 3. The second-order valence-corrected chi connectivity index (χ2v) is 6.23. The van der Waals surface area contributed by atoms with E-state index in [9.17, 15) is 13.6 Å². The van der Waals surface area contributed by atoms with E-state index in [1.807, 2.05) is 0 Å². The summed E-state index contributed by atoms with van der Waals surface area (Å²) in [5.74, 6) is -1.86. The number of carbonyl (C=O) groups excluding carboxylic acids is 1. The molecule has 2 heterocycles. The van der Waals surface area contributed by atoms with Crippen LogP contribution in [-0.4, -0.2) is 56.3 Å². The first-order valence-electron chi connectivity index (χ1n) is 8.17. The van der Waals surface area contributed by atoms with Crippen LogP contribution in [0.15, 0.2) is 18.2 Å². The van der Waals surface area contributed by atoms with Gasteiger partial charge in [0, 0.05) is 13.7 Å². The van der Waals surface area contributed by atoms with Crippen molar-refractivity contribution in [2.45, 2.75) is 24.5 Å². The molecule has 0 bridgehead atoms. The van der Waals surface area contributed by atoms with E-state index in [0.717, 1.165) is 25.2 Å². The Morgan fingerprint density at radius 1 is 1.32 bits per heavy atom. The van der Waals surface area contributed by atoms with Crippen molar-refractivity contribution in [1.82, 2.24) is 10.2 Å². The monoisotopic (exact) mass is 376 g/mol. The van der Waals surface area contributed by atoms with E-state index in [4.69, 9.17) is 9.47 Å². The van der Waals surface area contributed by atoms with Crippen molar-refractivity contribution in [2.24, 2.45) is 0 Å². The van der Waals surface area contributed by atoms with Gasteiger partial charge in [-0.1, -0.05) is 6.07 Å². The van der Waals surface area contributed by atoms with Gasteiger partial charge in [0.25, 0.3) is 5.91 Å². The Morgan fingerprint density at radius 2 is 2.04 bits per heavy atom. The standard InChI is InChI=1S/C17H22F2N2O3.ClH/c1-23-17(4-6-20-7-5-17)16(22)21-8-9-24-15(11-21)12-2-3-13(18)14(19)10-12;/h2-3,10,15,20H,4-9,11H2,1H3;1H. The Labute approximate surface area is 152 Å². The van der Waals surface area contributed by atoms with Crippen LogP contribution in [0.2, 0.25) is 0 Å². The fourth-order valence-corrected chi connectivity index (χ4v) is 3.37. The fourth-order valence-electron chi connectivity index (χ4n) is 3.37. The van der Waals surface area contributed by atoms with E-state index in [1.54, 1.807) is 12.0 Å². The maximum Gasteiger partial charge on any atom is 0.255 e. The van der Waals surface area contributed by atoms with E-state index in [1.165, 1.54) is 6.07 Å². The molecule has 1 unspecified atom stereocenters. The number of hydrogen-bond acceptors (Lipinski definition) is 4. The molecule has 2 fully saturated rings. The number of ether oxygens (including phenoxy) is 2. The number of nitrogens with zero attached hydrogens (tertiary/aromatic N) is 1. The lowest BCUT2D eigenvalue weighted by Crippen LogP contribution is -2.57. The van der Waals surface area contributed by atoms with Gasteiger partial charge >= 0.3 is 0 Å². The van der Waals surface area contributed by atoms with Crippen LogP contribution >= 0.6 is 12.4 Å². The van der Waals surface area contributed by atoms with Gasteiger partial charge in [-0.3, -0.25) is 4.79 Å². The molecule has 1 aromatic rings. The summed E-state index contributed by atoms with van der Waals surface area (Å²) in [6, 6.07) is 3.70. The van der Waals surface area contributed by atoms with E-state index in [2.05, 4.69) is 5.32 Å². The molecule has 0 aliphatic carbocycles. The molecule has 1 aromatic carbocycles. The van der Waals surface area contributed by atoms with Crippen LogP contribution < -0.4 is 5.32 Å². The minimum Gasteiger partial charge on any atom is -0.370 e. The van der Waals surface area contributed by atoms with Gasteiger partial charge in [-0.05, 0) is 43.6 Å². The number of amides is 1. The average Bonchev–Trinajstić information content (AvgIpc) is 2.64. The predicted octanol–water partition coefficient (Wildman–Crippen LogP) is 2.06. The largest absolute Gasteiger partial charge is 0.370 e. The highest BCUT2D eigenvalue weighted by molar-refractivity contribution is 5.86. The minimum atomic E-state index is -0.911. The van der Waals surface area contributed by atoms with E-state index < -0.39 is 23.3 Å². The maximum atomic E-state index is 13.5. The van der Waals surface area contributed by atoms with Crippen LogP contribution in [0.25, 0.3) is 0 Å². The summed E-state index contributed by atoms with van der Waals surface area (Å²) < 4.78 is 37.8. The SMILES string of the molecule is COC1(C(=O)N2CCOC(c3ccc(F)c(F)c3)C2)CCNCC1.Cl. The van der Waals surface area contributed by atoms with Gasteiger partial charge in [-0.2, -0.15) is 0 Å². The van der Waals surface area contributed by atoms with Crippen molar-refractivity contribution in [1.29, 1.82) is 0 Å². The molecule has 0 saturated carbocycles. The molecule has 0 radical (unpaired) electrons. The number of benzene rings is 1. The summed E-state index contributed by atoms with van der Waals surface area (Å²) in [5, 5.41) is 3.23. The highest BCUT2D eigenvalue weighted by Crippen LogP contribution is 2.29. The van der Waals surface area contributed by atoms with Crippen LogP contribution in [0.1, 0.15) is 24.5 Å². The van der Waals surface area contributed by atoms with Crippen molar-refractivity contribution in [3.8, 4) is 0 Å². The molecule has 1 N–H and O–H groups in total. The average molecular weight is 377 g/mol. The molecule has 2 saturated heterocycles. The van der Waals surface area contributed by atoms with E-state index in [0.29, 0.717) is 38.1 Å². The number of morpholine rings is 1. The van der Waals surface area contributed by atoms with Gasteiger partial charge in [0.05, 0.1) is 13.2 Å². The topological polar surface area (TPSA) is 50.8 Å². The van der Waals surface area contributed by atoms with Crippen molar-refractivity contribution < 1.29 is 23.0 Å². The van der Waals surface area contributed by atoms with Gasteiger partial charge in [0.15, 0.2) is 11.6 Å². The van der Waals surface area contributed by atoms with E-state index >= 15 is 0 Å². The molecule has 1 atom stereocenters. The molecule has 2 aliphatic rings. The highest BCUT2D eigenvalue weighted by atomic mass is 35.5. The number of carbonyl (C=O) groups is 1. The van der Waals surface area contributed by atoms with Crippen LogP contribution in [0.3, 0.4) is 0 Å². The number of nitrogens with one attached hydrogen (secondary N) is 1. The van der Waals surface area contributed by atoms with E-state index in [-0.39, 0.29) is 18.3 Å². The molecule has 140 valence electrons. The molecule has 2 aliphatic heterocycles. The second-order valence-electron chi connectivity index (χ2n) is 6.23. The molecule has 0 aromatic heterocycles. The Bertz CT molecular complexity index is 612. The lowest BCUT2D eigenvalue weighted by molar-refractivity contribution is -0.165. The van der Waals surface area contributed by atoms with Gasteiger partial charge in [-0.25, -0.2) is 8.78 Å². The second kappa shape index (κ2) is 8.40. The lowest BCUT2D eigenvalue weighted by Gasteiger charge is -2.41. The van der Waals surface area contributed by atoms with Crippen LogP contribution in [0.4, 0.5) is 8.78 Å². The summed E-state index contributed by atoms with van der Waals surface area (Å²) in [6.45, 7) is 2.60. The lowest BCUT2D eigenvalue weighted by atomic mass is 9.90. The Morgan fingerprint density at radius 3 is 2.68 bits per heavy atom. The summed E-state index contributed by atoms with van der Waals surface area (Å²) >= 11 is 0. The van der Waals surface area contributed by atoms with Crippen molar-refractivity contribution >= 4 is 18.3 Å². The quantitative estimate of drug-likeness (QED) is 0.877. The third kappa shape index (κ3) is 4.11. The normalized spacial score (nSPS) is 23.0. The number of methoxy groups -OCH3 is 1. The van der Waals surface area contributed by atoms with Crippen molar-refractivity contribution in [2.75, 3.05) is 39.9 Å². The molecular formula is C17H23ClF2N2O3. The number of piperidine rings is 1. The maximum absolute atomic E-state index is 13.5. The first-order chi connectivity index (χ1) is 11.6. The van der Waals surface area contributed by atoms with Crippen molar-refractivity contribution in [3.63, 3.8) is 0 Å². The number of hydrogen-bond donors (Lipinski definition) is 1. The van der Waals surface area contributed by atoms with Crippen molar-refractivity contribution in [3.05, 3.63) is 35.4 Å². The van der Waals surface area contributed by atoms with Gasteiger partial charge in [0.2, 0.25) is 0 Å².